The monoisotopic (exact) mass is 361 g/mol. The van der Waals surface area contributed by atoms with E-state index >= 15 is 0 Å². The highest BCUT2D eigenvalue weighted by atomic mass is 16.5. The third-order valence-corrected chi connectivity index (χ3v) is 4.30. The van der Waals surface area contributed by atoms with Gasteiger partial charge in [0, 0.05) is 17.1 Å². The van der Waals surface area contributed by atoms with E-state index in [0.717, 1.165) is 27.3 Å². The normalized spacial score (nSPS) is 11.3. The van der Waals surface area contributed by atoms with Gasteiger partial charge in [-0.2, -0.15) is 0 Å². The lowest BCUT2D eigenvalue weighted by Crippen LogP contribution is -2.38. The molecule has 3 rings (SSSR count). The Morgan fingerprint density at radius 3 is 1.37 bits per heavy atom. The zero-order valence-electron chi connectivity index (χ0n) is 16.9. The molecule has 0 aromatic heterocycles. The average molecular weight is 362 g/mol. The zero-order valence-corrected chi connectivity index (χ0v) is 16.9. The van der Waals surface area contributed by atoms with Crippen molar-refractivity contribution in [3.8, 4) is 5.75 Å². The van der Waals surface area contributed by atoms with E-state index in [4.69, 9.17) is 4.74 Å². The van der Waals surface area contributed by atoms with Crippen molar-refractivity contribution in [3.63, 3.8) is 0 Å². The van der Waals surface area contributed by atoms with Crippen molar-refractivity contribution in [1.29, 1.82) is 0 Å². The Balaban J connectivity index is 1.93. The number of nitrogens with zero attached hydrogens (tertiary/aromatic N) is 2. The van der Waals surface area contributed by atoms with Crippen molar-refractivity contribution in [2.75, 3.05) is 32.8 Å². The van der Waals surface area contributed by atoms with Gasteiger partial charge < -0.3 is 9.64 Å². The zero-order chi connectivity index (χ0) is 19.4. The molecular formula is C24H29N2O+. The Morgan fingerprint density at radius 1 is 0.630 bits per heavy atom. The Kier molecular flexibility index (Phi) is 5.52. The van der Waals surface area contributed by atoms with Crippen LogP contribution >= 0.6 is 0 Å². The molecule has 0 N–H and O–H groups in total. The highest BCUT2D eigenvalue weighted by molar-refractivity contribution is 5.76. The van der Waals surface area contributed by atoms with E-state index in [1.54, 1.807) is 0 Å². The van der Waals surface area contributed by atoms with E-state index in [9.17, 15) is 0 Å². The van der Waals surface area contributed by atoms with Crippen molar-refractivity contribution in [2.45, 2.75) is 13.8 Å². The molecule has 0 aliphatic rings. The standard InChI is InChI=1S/C24H29N2O/c1-19-6-10-21(11-7-19)25(22-12-8-20(2)9-13-22)23-14-16-24(17-15-23)27-18-26(3,4)5/h6-17H,18H2,1-5H3/q+1. The molecule has 27 heavy (non-hydrogen) atoms. The van der Waals surface area contributed by atoms with E-state index in [2.05, 4.69) is 101 Å². The van der Waals surface area contributed by atoms with Crippen LogP contribution in [0.25, 0.3) is 0 Å². The number of quaternary nitrogens is 1. The van der Waals surface area contributed by atoms with Crippen molar-refractivity contribution >= 4 is 17.1 Å². The minimum atomic E-state index is 0.638. The van der Waals surface area contributed by atoms with Gasteiger partial charge in [0.05, 0.1) is 21.1 Å². The number of aryl methyl sites for hydroxylation is 2. The first-order valence-corrected chi connectivity index (χ1v) is 9.29. The molecule has 3 nitrogen and oxygen atoms in total. The number of benzene rings is 3. The third kappa shape index (κ3) is 5.11. The molecule has 0 saturated heterocycles. The third-order valence-electron chi connectivity index (χ3n) is 4.30. The summed E-state index contributed by atoms with van der Waals surface area (Å²) in [6.07, 6.45) is 0. The van der Waals surface area contributed by atoms with Gasteiger partial charge in [-0.3, -0.25) is 4.48 Å². The van der Waals surface area contributed by atoms with Crippen molar-refractivity contribution < 1.29 is 9.22 Å². The van der Waals surface area contributed by atoms with Crippen LogP contribution in [-0.4, -0.2) is 32.4 Å². The molecule has 0 amide bonds. The summed E-state index contributed by atoms with van der Waals surface area (Å²) >= 11 is 0. The van der Waals surface area contributed by atoms with Crippen molar-refractivity contribution in [1.82, 2.24) is 0 Å². The maximum absolute atomic E-state index is 5.90. The van der Waals surface area contributed by atoms with Crippen LogP contribution in [0.2, 0.25) is 0 Å². The van der Waals surface area contributed by atoms with Crippen LogP contribution in [0, 0.1) is 13.8 Å². The Morgan fingerprint density at radius 2 is 1.00 bits per heavy atom. The average Bonchev–Trinajstić information content (AvgIpc) is 2.64. The lowest BCUT2D eigenvalue weighted by Gasteiger charge is -2.26. The van der Waals surface area contributed by atoms with E-state index in [1.165, 1.54) is 11.1 Å². The first kappa shape index (κ1) is 19.0. The molecule has 0 unspecified atom stereocenters. The van der Waals surface area contributed by atoms with Crippen molar-refractivity contribution in [2.24, 2.45) is 0 Å². The molecule has 0 spiro atoms. The first-order chi connectivity index (χ1) is 12.8. The van der Waals surface area contributed by atoms with E-state index in [1.807, 2.05) is 12.1 Å². The van der Waals surface area contributed by atoms with Crippen LogP contribution in [0.4, 0.5) is 17.1 Å². The molecule has 0 aliphatic heterocycles. The number of ether oxygens (including phenoxy) is 1. The summed E-state index contributed by atoms with van der Waals surface area (Å²) < 4.78 is 6.67. The van der Waals surface area contributed by atoms with Crippen LogP contribution in [0.5, 0.6) is 5.75 Å². The van der Waals surface area contributed by atoms with Gasteiger partial charge in [0.25, 0.3) is 0 Å². The van der Waals surface area contributed by atoms with Gasteiger partial charge in [0.2, 0.25) is 6.73 Å². The number of hydrogen-bond donors (Lipinski definition) is 0. The quantitative estimate of drug-likeness (QED) is 0.405. The van der Waals surface area contributed by atoms with Crippen LogP contribution < -0.4 is 9.64 Å². The number of anilines is 3. The minimum absolute atomic E-state index is 0.638. The molecule has 0 fully saturated rings. The molecule has 3 aromatic rings. The Labute approximate surface area is 163 Å². The highest BCUT2D eigenvalue weighted by Gasteiger charge is 2.13. The topological polar surface area (TPSA) is 12.5 Å². The largest absolute Gasteiger partial charge is 0.445 e. The van der Waals surface area contributed by atoms with E-state index < -0.39 is 0 Å². The first-order valence-electron chi connectivity index (χ1n) is 9.29. The summed E-state index contributed by atoms with van der Waals surface area (Å²) in [4.78, 5) is 2.27. The summed E-state index contributed by atoms with van der Waals surface area (Å²) in [6, 6.07) is 25.6. The predicted octanol–water partition coefficient (Wildman–Crippen LogP) is 5.82. The summed E-state index contributed by atoms with van der Waals surface area (Å²) in [5.41, 5.74) is 5.91. The lowest BCUT2D eigenvalue weighted by atomic mass is 10.1. The molecule has 0 saturated carbocycles. The Hall–Kier alpha value is -2.78. The van der Waals surface area contributed by atoms with Crippen LogP contribution in [-0.2, 0) is 0 Å². The summed E-state index contributed by atoms with van der Waals surface area (Å²) in [5, 5.41) is 0. The van der Waals surface area contributed by atoms with E-state index in [0.29, 0.717) is 6.73 Å². The number of rotatable bonds is 6. The molecule has 3 aromatic carbocycles. The second-order valence-corrected chi connectivity index (χ2v) is 8.06. The van der Waals surface area contributed by atoms with Gasteiger partial charge in [-0.05, 0) is 62.4 Å². The predicted molar refractivity (Wildman–Crippen MR) is 114 cm³/mol. The van der Waals surface area contributed by atoms with Crippen LogP contribution in [0.15, 0.2) is 72.8 Å². The van der Waals surface area contributed by atoms with Crippen molar-refractivity contribution in [3.05, 3.63) is 83.9 Å². The van der Waals surface area contributed by atoms with Gasteiger partial charge in [-0.15, -0.1) is 0 Å². The molecular weight excluding hydrogens is 332 g/mol. The Bertz CT molecular complexity index is 815. The fourth-order valence-corrected chi connectivity index (χ4v) is 2.79. The maximum atomic E-state index is 5.90. The molecule has 0 aliphatic carbocycles. The minimum Gasteiger partial charge on any atom is -0.445 e. The maximum Gasteiger partial charge on any atom is 0.223 e. The van der Waals surface area contributed by atoms with Gasteiger partial charge in [-0.1, -0.05) is 35.4 Å². The molecule has 0 radical (unpaired) electrons. The van der Waals surface area contributed by atoms with Gasteiger partial charge in [0.1, 0.15) is 5.75 Å². The molecule has 3 heteroatoms. The van der Waals surface area contributed by atoms with Gasteiger partial charge >= 0.3 is 0 Å². The van der Waals surface area contributed by atoms with Crippen LogP contribution in [0.1, 0.15) is 11.1 Å². The van der Waals surface area contributed by atoms with Crippen LogP contribution in [0.3, 0.4) is 0 Å². The second-order valence-electron chi connectivity index (χ2n) is 8.06. The van der Waals surface area contributed by atoms with E-state index in [-0.39, 0.29) is 0 Å². The molecule has 0 heterocycles. The SMILES string of the molecule is Cc1ccc(N(c2ccc(C)cc2)c2ccc(OC[N+](C)(C)C)cc2)cc1. The fraction of sp³-hybridized carbons (Fsp3) is 0.250. The van der Waals surface area contributed by atoms with Gasteiger partial charge in [-0.25, -0.2) is 0 Å². The fourth-order valence-electron chi connectivity index (χ4n) is 2.79. The lowest BCUT2D eigenvalue weighted by molar-refractivity contribution is -0.886. The molecule has 0 atom stereocenters. The smallest absolute Gasteiger partial charge is 0.223 e. The molecule has 0 bridgehead atoms. The number of hydrogen-bond acceptors (Lipinski definition) is 2. The highest BCUT2D eigenvalue weighted by Crippen LogP contribution is 2.35. The van der Waals surface area contributed by atoms with Gasteiger partial charge in [0.15, 0.2) is 0 Å². The molecule has 140 valence electrons. The second kappa shape index (κ2) is 7.85. The summed E-state index contributed by atoms with van der Waals surface area (Å²) in [6.45, 7) is 4.86. The summed E-state index contributed by atoms with van der Waals surface area (Å²) in [7, 11) is 6.35. The summed E-state index contributed by atoms with van der Waals surface area (Å²) in [5.74, 6) is 0.888.